The summed E-state index contributed by atoms with van der Waals surface area (Å²) >= 11 is 0. The number of aromatic nitrogens is 1. The van der Waals surface area contributed by atoms with Crippen molar-refractivity contribution in [2.75, 3.05) is 11.9 Å². The quantitative estimate of drug-likeness (QED) is 0.858. The van der Waals surface area contributed by atoms with E-state index in [2.05, 4.69) is 17.6 Å². The smallest absolute Gasteiger partial charge is 0.250 e. The molecule has 1 aromatic heterocycles. The van der Waals surface area contributed by atoms with Crippen molar-refractivity contribution in [1.29, 1.82) is 0 Å². The number of hydrogen-bond donors (Lipinski definition) is 2. The maximum absolute atomic E-state index is 12.1. The number of carbonyl (C=O) groups excluding carboxylic acids is 1. The van der Waals surface area contributed by atoms with E-state index < -0.39 is 0 Å². The molecule has 104 valence electrons. The van der Waals surface area contributed by atoms with Crippen LogP contribution in [0, 0.1) is 5.92 Å². The van der Waals surface area contributed by atoms with Crippen molar-refractivity contribution in [1.82, 2.24) is 9.88 Å². The lowest BCUT2D eigenvalue weighted by Crippen LogP contribution is -2.39. The molecule has 2 heterocycles. The van der Waals surface area contributed by atoms with E-state index >= 15 is 0 Å². The molecule has 1 aromatic rings. The zero-order valence-corrected chi connectivity index (χ0v) is 11.5. The Morgan fingerprint density at radius 3 is 2.95 bits per heavy atom. The van der Waals surface area contributed by atoms with Crippen LogP contribution in [0.5, 0.6) is 0 Å². The normalized spacial score (nSPS) is 22.4. The summed E-state index contributed by atoms with van der Waals surface area (Å²) in [5.74, 6) is 0.327. The molecule has 1 saturated heterocycles. The number of carbonyl (C=O) groups is 1. The van der Waals surface area contributed by atoms with Gasteiger partial charge in [0.15, 0.2) is 0 Å². The van der Waals surface area contributed by atoms with Gasteiger partial charge in [0.25, 0.3) is 5.56 Å². The second kappa shape index (κ2) is 6.02. The Labute approximate surface area is 113 Å². The molecule has 5 nitrogen and oxygen atoms in total. The molecule has 0 radical (unpaired) electrons. The van der Waals surface area contributed by atoms with Gasteiger partial charge in [0.2, 0.25) is 5.91 Å². The largest absolute Gasteiger partial charge is 0.323 e. The highest BCUT2D eigenvalue weighted by Crippen LogP contribution is 2.16. The van der Waals surface area contributed by atoms with Crippen LogP contribution in [0.15, 0.2) is 23.1 Å². The van der Waals surface area contributed by atoms with Crippen LogP contribution in [0.3, 0.4) is 0 Å². The minimum Gasteiger partial charge on any atom is -0.323 e. The number of nitrogens with one attached hydrogen (secondary N) is 2. The Balaban J connectivity index is 2.08. The van der Waals surface area contributed by atoms with Gasteiger partial charge in [-0.3, -0.25) is 9.59 Å². The van der Waals surface area contributed by atoms with Crippen LogP contribution < -0.4 is 16.2 Å². The number of nitrogens with zero attached hydrogens (tertiary/aromatic N) is 1. The van der Waals surface area contributed by atoms with Gasteiger partial charge < -0.3 is 15.2 Å². The zero-order valence-electron chi connectivity index (χ0n) is 11.5. The van der Waals surface area contributed by atoms with E-state index in [0.717, 1.165) is 19.4 Å². The van der Waals surface area contributed by atoms with E-state index in [4.69, 9.17) is 0 Å². The monoisotopic (exact) mass is 263 g/mol. The third kappa shape index (κ3) is 3.23. The Morgan fingerprint density at radius 1 is 1.53 bits per heavy atom. The van der Waals surface area contributed by atoms with Gasteiger partial charge in [-0.1, -0.05) is 13.8 Å². The first-order valence-electron chi connectivity index (χ1n) is 6.86. The fourth-order valence-electron chi connectivity index (χ4n) is 2.43. The Bertz CT molecular complexity index is 510. The lowest BCUT2D eigenvalue weighted by Gasteiger charge is -2.16. The molecule has 1 fully saturated rings. The van der Waals surface area contributed by atoms with Gasteiger partial charge in [0, 0.05) is 18.8 Å². The van der Waals surface area contributed by atoms with E-state index in [1.165, 1.54) is 6.07 Å². The first-order chi connectivity index (χ1) is 9.11. The summed E-state index contributed by atoms with van der Waals surface area (Å²) in [5, 5.41) is 6.08. The number of rotatable bonds is 4. The second-order valence-electron chi connectivity index (χ2n) is 5.14. The predicted octanol–water partition coefficient (Wildman–Crippen LogP) is 1.19. The first kappa shape index (κ1) is 13.8. The van der Waals surface area contributed by atoms with Crippen LogP contribution in [0.2, 0.25) is 0 Å². The molecule has 0 aromatic carbocycles. The lowest BCUT2D eigenvalue weighted by molar-refractivity contribution is -0.118. The molecule has 0 aliphatic carbocycles. The van der Waals surface area contributed by atoms with Gasteiger partial charge in [-0.25, -0.2) is 0 Å². The molecule has 1 aliphatic rings. The van der Waals surface area contributed by atoms with Gasteiger partial charge in [0.1, 0.15) is 0 Å². The molecule has 0 spiro atoms. The minimum absolute atomic E-state index is 0.0216. The molecule has 1 aliphatic heterocycles. The highest BCUT2D eigenvalue weighted by molar-refractivity contribution is 5.95. The van der Waals surface area contributed by atoms with E-state index in [9.17, 15) is 9.59 Å². The Hall–Kier alpha value is -1.62. The van der Waals surface area contributed by atoms with Crippen molar-refractivity contribution < 1.29 is 4.79 Å². The topological polar surface area (TPSA) is 63.1 Å². The van der Waals surface area contributed by atoms with Gasteiger partial charge in [-0.2, -0.15) is 0 Å². The molecule has 5 heteroatoms. The van der Waals surface area contributed by atoms with Crippen molar-refractivity contribution >= 4 is 11.6 Å². The van der Waals surface area contributed by atoms with Gasteiger partial charge in [-0.15, -0.1) is 0 Å². The molecule has 19 heavy (non-hydrogen) atoms. The van der Waals surface area contributed by atoms with E-state index in [0.29, 0.717) is 18.2 Å². The van der Waals surface area contributed by atoms with Crippen LogP contribution >= 0.6 is 0 Å². The number of pyridine rings is 1. The SMILES string of the molecule is CCCn1cc(NC(=O)C2NCCC2C)ccc1=O. The fourth-order valence-corrected chi connectivity index (χ4v) is 2.43. The van der Waals surface area contributed by atoms with E-state index in [-0.39, 0.29) is 17.5 Å². The van der Waals surface area contributed by atoms with Gasteiger partial charge in [-0.05, 0) is 31.4 Å². The maximum Gasteiger partial charge on any atom is 0.250 e. The third-order valence-electron chi connectivity index (χ3n) is 3.53. The average molecular weight is 263 g/mol. The summed E-state index contributed by atoms with van der Waals surface area (Å²) in [7, 11) is 0. The molecule has 2 N–H and O–H groups in total. The van der Waals surface area contributed by atoms with Crippen molar-refractivity contribution in [3.8, 4) is 0 Å². The Morgan fingerprint density at radius 2 is 2.32 bits per heavy atom. The van der Waals surface area contributed by atoms with E-state index in [1.807, 2.05) is 6.92 Å². The molecule has 0 saturated carbocycles. The summed E-state index contributed by atoms with van der Waals surface area (Å²) in [6, 6.07) is 3.02. The number of aryl methyl sites for hydroxylation is 1. The van der Waals surface area contributed by atoms with Crippen LogP contribution in [0.1, 0.15) is 26.7 Å². The lowest BCUT2D eigenvalue weighted by atomic mass is 10.0. The minimum atomic E-state index is -0.133. The van der Waals surface area contributed by atoms with Crippen LogP contribution in [0.4, 0.5) is 5.69 Å². The van der Waals surface area contributed by atoms with Crippen LogP contribution in [0.25, 0.3) is 0 Å². The summed E-state index contributed by atoms with van der Waals surface area (Å²) in [6.07, 6.45) is 3.62. The average Bonchev–Trinajstić information content (AvgIpc) is 2.80. The number of anilines is 1. The molecule has 2 rings (SSSR count). The molecular formula is C14H21N3O2. The van der Waals surface area contributed by atoms with Crippen molar-refractivity contribution in [2.24, 2.45) is 5.92 Å². The first-order valence-corrected chi connectivity index (χ1v) is 6.86. The summed E-state index contributed by atoms with van der Waals surface area (Å²) in [4.78, 5) is 23.7. The van der Waals surface area contributed by atoms with Crippen molar-refractivity contribution in [3.63, 3.8) is 0 Å². The van der Waals surface area contributed by atoms with Crippen molar-refractivity contribution in [3.05, 3.63) is 28.7 Å². The highest BCUT2D eigenvalue weighted by atomic mass is 16.2. The molecule has 0 bridgehead atoms. The second-order valence-corrected chi connectivity index (χ2v) is 5.14. The third-order valence-corrected chi connectivity index (χ3v) is 3.53. The molecule has 2 unspecified atom stereocenters. The van der Waals surface area contributed by atoms with Gasteiger partial charge in [0.05, 0.1) is 11.7 Å². The fraction of sp³-hybridized carbons (Fsp3) is 0.571. The Kier molecular flexibility index (Phi) is 4.37. The van der Waals surface area contributed by atoms with Crippen molar-refractivity contribution in [2.45, 2.75) is 39.3 Å². The standard InChI is InChI=1S/C14H21N3O2/c1-3-8-17-9-11(4-5-12(17)18)16-14(19)13-10(2)6-7-15-13/h4-5,9-10,13,15H,3,6-8H2,1-2H3,(H,16,19). The highest BCUT2D eigenvalue weighted by Gasteiger charge is 2.29. The number of amides is 1. The molecular weight excluding hydrogens is 242 g/mol. The predicted molar refractivity (Wildman–Crippen MR) is 75.2 cm³/mol. The maximum atomic E-state index is 12.1. The van der Waals surface area contributed by atoms with Gasteiger partial charge >= 0.3 is 0 Å². The zero-order chi connectivity index (χ0) is 13.8. The molecule has 2 atom stereocenters. The van der Waals surface area contributed by atoms with Crippen LogP contribution in [-0.2, 0) is 11.3 Å². The van der Waals surface area contributed by atoms with E-state index in [1.54, 1.807) is 16.8 Å². The van der Waals surface area contributed by atoms with Crippen LogP contribution in [-0.4, -0.2) is 23.1 Å². The summed E-state index contributed by atoms with van der Waals surface area (Å²) in [6.45, 7) is 5.64. The number of hydrogen-bond acceptors (Lipinski definition) is 3. The molecule has 1 amide bonds. The summed E-state index contributed by atoms with van der Waals surface area (Å²) < 4.78 is 1.63. The summed E-state index contributed by atoms with van der Waals surface area (Å²) in [5.41, 5.74) is 0.645.